The highest BCUT2D eigenvalue weighted by Gasteiger charge is 2.19. The maximum Gasteiger partial charge on any atom is 0.0738 e. The average molecular weight is 352 g/mol. The van der Waals surface area contributed by atoms with Crippen molar-refractivity contribution in [2.45, 2.75) is 51.9 Å². The van der Waals surface area contributed by atoms with Crippen LogP contribution in [0, 0.1) is 12.8 Å². The predicted molar refractivity (Wildman–Crippen MR) is 76.2 cm³/mol. The lowest BCUT2D eigenvalue weighted by molar-refractivity contribution is 0.479. The maximum absolute atomic E-state index is 4.53. The van der Waals surface area contributed by atoms with Gasteiger partial charge in [-0.3, -0.25) is 4.68 Å². The number of nitrogens with zero attached hydrogens (tertiary/aromatic N) is 2. The quantitative estimate of drug-likeness (QED) is 0.722. The van der Waals surface area contributed by atoms with Gasteiger partial charge < -0.3 is 0 Å². The molecule has 92 valence electrons. The lowest BCUT2D eigenvalue weighted by Crippen LogP contribution is -2.16. The number of rotatable bonds is 5. The Balaban J connectivity index is 2.94. The summed E-state index contributed by atoms with van der Waals surface area (Å²) in [6, 6.07) is 0. The molecule has 0 amide bonds. The van der Waals surface area contributed by atoms with Crippen LogP contribution in [0.5, 0.6) is 0 Å². The highest BCUT2D eigenvalue weighted by Crippen LogP contribution is 2.27. The van der Waals surface area contributed by atoms with Gasteiger partial charge in [-0.25, -0.2) is 0 Å². The van der Waals surface area contributed by atoms with E-state index in [0.29, 0.717) is 10.7 Å². The van der Waals surface area contributed by atoms with E-state index in [1.54, 1.807) is 0 Å². The summed E-state index contributed by atoms with van der Waals surface area (Å²) < 4.78 is 3.29. The molecular weight excluding hydrogens is 332 g/mol. The summed E-state index contributed by atoms with van der Waals surface area (Å²) in [6.07, 6.45) is 2.27. The van der Waals surface area contributed by atoms with Gasteiger partial charge >= 0.3 is 0 Å². The third-order valence-corrected chi connectivity index (χ3v) is 4.86. The van der Waals surface area contributed by atoms with Crippen molar-refractivity contribution in [2.24, 2.45) is 5.92 Å². The Morgan fingerprint density at radius 1 is 1.38 bits per heavy atom. The number of halogens is 2. The Kier molecular flexibility index (Phi) is 5.51. The van der Waals surface area contributed by atoms with E-state index in [0.717, 1.165) is 18.7 Å². The van der Waals surface area contributed by atoms with Crippen LogP contribution >= 0.6 is 31.9 Å². The zero-order valence-corrected chi connectivity index (χ0v) is 13.6. The SMILES string of the molecule is CCC(Cc1c(Br)c(C)nn1CC)C(C)Br. The molecule has 0 bridgehead atoms. The third kappa shape index (κ3) is 3.10. The highest BCUT2D eigenvalue weighted by molar-refractivity contribution is 9.10. The Labute approximate surface area is 115 Å². The molecule has 4 heteroatoms. The Hall–Kier alpha value is 0.170. The summed E-state index contributed by atoms with van der Waals surface area (Å²) >= 11 is 7.34. The minimum atomic E-state index is 0.546. The average Bonchev–Trinajstić information content (AvgIpc) is 2.51. The lowest BCUT2D eigenvalue weighted by atomic mass is 9.97. The fourth-order valence-electron chi connectivity index (χ4n) is 1.94. The zero-order valence-electron chi connectivity index (χ0n) is 10.4. The van der Waals surface area contributed by atoms with Gasteiger partial charge in [0.2, 0.25) is 0 Å². The molecule has 0 aliphatic carbocycles. The van der Waals surface area contributed by atoms with Crippen LogP contribution in [0.4, 0.5) is 0 Å². The maximum atomic E-state index is 4.53. The van der Waals surface area contributed by atoms with Gasteiger partial charge in [0.15, 0.2) is 0 Å². The van der Waals surface area contributed by atoms with Crippen molar-refractivity contribution in [1.29, 1.82) is 0 Å². The second-order valence-electron chi connectivity index (χ2n) is 4.21. The first-order valence-electron chi connectivity index (χ1n) is 5.87. The van der Waals surface area contributed by atoms with E-state index in [-0.39, 0.29) is 0 Å². The van der Waals surface area contributed by atoms with Crippen molar-refractivity contribution < 1.29 is 0 Å². The van der Waals surface area contributed by atoms with Crippen LogP contribution in [0.3, 0.4) is 0 Å². The van der Waals surface area contributed by atoms with Crippen molar-refractivity contribution in [3.63, 3.8) is 0 Å². The third-order valence-electron chi connectivity index (χ3n) is 3.08. The van der Waals surface area contributed by atoms with Crippen molar-refractivity contribution >= 4 is 31.9 Å². The van der Waals surface area contributed by atoms with Gasteiger partial charge in [-0.1, -0.05) is 36.2 Å². The van der Waals surface area contributed by atoms with Crippen LogP contribution in [0.2, 0.25) is 0 Å². The molecule has 1 aromatic rings. The van der Waals surface area contributed by atoms with Crippen molar-refractivity contribution in [3.05, 3.63) is 15.9 Å². The van der Waals surface area contributed by atoms with Gasteiger partial charge in [0.05, 0.1) is 15.9 Å². The number of aromatic nitrogens is 2. The van der Waals surface area contributed by atoms with Crippen LogP contribution < -0.4 is 0 Å². The van der Waals surface area contributed by atoms with Gasteiger partial charge in [0, 0.05) is 11.4 Å². The Morgan fingerprint density at radius 3 is 2.44 bits per heavy atom. The predicted octanol–water partition coefficient (Wildman–Crippen LogP) is 4.33. The molecule has 0 saturated carbocycles. The van der Waals surface area contributed by atoms with E-state index < -0.39 is 0 Å². The fraction of sp³-hybridized carbons (Fsp3) is 0.750. The van der Waals surface area contributed by atoms with Crippen LogP contribution in [0.1, 0.15) is 38.6 Å². The van der Waals surface area contributed by atoms with Gasteiger partial charge in [-0.15, -0.1) is 0 Å². The summed E-state index contributed by atoms with van der Waals surface area (Å²) in [5.74, 6) is 0.665. The molecule has 2 unspecified atom stereocenters. The minimum Gasteiger partial charge on any atom is -0.268 e. The Morgan fingerprint density at radius 2 is 2.00 bits per heavy atom. The fourth-order valence-corrected chi connectivity index (χ4v) is 2.95. The van der Waals surface area contributed by atoms with E-state index in [9.17, 15) is 0 Å². The second kappa shape index (κ2) is 6.20. The molecule has 0 fully saturated rings. The van der Waals surface area contributed by atoms with Crippen LogP contribution in [-0.4, -0.2) is 14.6 Å². The molecule has 16 heavy (non-hydrogen) atoms. The number of aryl methyl sites for hydroxylation is 2. The second-order valence-corrected chi connectivity index (χ2v) is 6.45. The van der Waals surface area contributed by atoms with Crippen LogP contribution in [0.25, 0.3) is 0 Å². The summed E-state index contributed by atoms with van der Waals surface area (Å²) in [7, 11) is 0. The molecule has 2 nitrogen and oxygen atoms in total. The summed E-state index contributed by atoms with van der Waals surface area (Å²) in [5, 5.41) is 4.53. The summed E-state index contributed by atoms with van der Waals surface area (Å²) in [5.41, 5.74) is 2.42. The van der Waals surface area contributed by atoms with Crippen LogP contribution in [-0.2, 0) is 13.0 Å². The normalized spacial score (nSPS) is 15.1. The van der Waals surface area contributed by atoms with Crippen molar-refractivity contribution in [2.75, 3.05) is 0 Å². The first kappa shape index (κ1) is 14.2. The van der Waals surface area contributed by atoms with Crippen molar-refractivity contribution in [3.8, 4) is 0 Å². The molecule has 1 aromatic heterocycles. The van der Waals surface area contributed by atoms with E-state index in [4.69, 9.17) is 0 Å². The molecule has 2 atom stereocenters. The summed E-state index contributed by atoms with van der Waals surface area (Å²) in [6.45, 7) is 9.60. The molecule has 0 aliphatic rings. The number of hydrogen-bond acceptors (Lipinski definition) is 1. The largest absolute Gasteiger partial charge is 0.268 e. The molecule has 1 rings (SSSR count). The van der Waals surface area contributed by atoms with E-state index in [1.807, 2.05) is 0 Å². The molecule has 1 heterocycles. The van der Waals surface area contributed by atoms with E-state index >= 15 is 0 Å². The first-order valence-corrected chi connectivity index (χ1v) is 7.57. The highest BCUT2D eigenvalue weighted by atomic mass is 79.9. The van der Waals surface area contributed by atoms with E-state index in [1.165, 1.54) is 16.6 Å². The molecule has 0 aromatic carbocycles. The first-order chi connectivity index (χ1) is 7.51. The topological polar surface area (TPSA) is 17.8 Å². The van der Waals surface area contributed by atoms with Gasteiger partial charge in [0.25, 0.3) is 0 Å². The van der Waals surface area contributed by atoms with Gasteiger partial charge in [0.1, 0.15) is 0 Å². The minimum absolute atomic E-state index is 0.546. The van der Waals surface area contributed by atoms with Gasteiger partial charge in [-0.2, -0.15) is 5.10 Å². The monoisotopic (exact) mass is 350 g/mol. The lowest BCUT2D eigenvalue weighted by Gasteiger charge is -2.18. The molecule has 0 aliphatic heterocycles. The Bertz CT molecular complexity index is 345. The zero-order chi connectivity index (χ0) is 12.3. The van der Waals surface area contributed by atoms with Gasteiger partial charge in [-0.05, 0) is 42.1 Å². The van der Waals surface area contributed by atoms with Crippen molar-refractivity contribution in [1.82, 2.24) is 9.78 Å². The standard InChI is InChI=1S/C12H20Br2N2/c1-5-10(8(3)13)7-11-12(14)9(4)15-16(11)6-2/h8,10H,5-7H2,1-4H3. The molecule has 0 saturated heterocycles. The molecular formula is C12H20Br2N2. The number of alkyl halides is 1. The molecule has 0 spiro atoms. The molecule has 0 N–H and O–H groups in total. The summed E-state index contributed by atoms with van der Waals surface area (Å²) in [4.78, 5) is 0.546. The molecule has 0 radical (unpaired) electrons. The van der Waals surface area contributed by atoms with Crippen LogP contribution in [0.15, 0.2) is 4.47 Å². The van der Waals surface area contributed by atoms with E-state index in [2.05, 4.69) is 69.3 Å². The number of hydrogen-bond donors (Lipinski definition) is 0. The smallest absolute Gasteiger partial charge is 0.0738 e.